The van der Waals surface area contributed by atoms with Crippen LogP contribution in [0.15, 0.2) is 0 Å². The van der Waals surface area contributed by atoms with Gasteiger partial charge in [-0.05, 0) is 26.3 Å². The maximum Gasteiger partial charge on any atom is 0.215 e. The number of ether oxygens (including phenoxy) is 1. The second-order valence-electron chi connectivity index (χ2n) is 5.49. The van der Waals surface area contributed by atoms with Crippen LogP contribution in [0.2, 0.25) is 0 Å². The van der Waals surface area contributed by atoms with Crippen LogP contribution < -0.4 is 5.32 Å². The highest BCUT2D eigenvalue weighted by Gasteiger charge is 2.34. The second-order valence-corrected chi connectivity index (χ2v) is 7.51. The van der Waals surface area contributed by atoms with Gasteiger partial charge in [0.2, 0.25) is 10.0 Å². The lowest BCUT2D eigenvalue weighted by Gasteiger charge is -2.36. The average molecular weight is 292 g/mol. The van der Waals surface area contributed by atoms with E-state index in [2.05, 4.69) is 5.32 Å². The van der Waals surface area contributed by atoms with Gasteiger partial charge in [-0.25, -0.2) is 8.42 Å². The molecule has 0 bridgehead atoms. The SMILES string of the molecule is CC1CN(S(=O)(=O)CC2CCCCN2)CC(CO)O1. The summed E-state index contributed by atoms with van der Waals surface area (Å²) in [6, 6.07) is 0.0597. The molecule has 0 radical (unpaired) electrons. The van der Waals surface area contributed by atoms with Crippen LogP contribution in [-0.2, 0) is 14.8 Å². The Bertz CT molecular complexity index is 381. The molecule has 7 heteroatoms. The highest BCUT2D eigenvalue weighted by atomic mass is 32.2. The number of aliphatic hydroxyl groups is 1. The first-order valence-corrected chi connectivity index (χ1v) is 8.59. The molecule has 0 aromatic carbocycles. The molecular formula is C12H24N2O4S. The predicted molar refractivity (Wildman–Crippen MR) is 72.4 cm³/mol. The third-order valence-corrected chi connectivity index (χ3v) is 5.62. The summed E-state index contributed by atoms with van der Waals surface area (Å²) in [4.78, 5) is 0. The third kappa shape index (κ3) is 4.13. The third-order valence-electron chi connectivity index (χ3n) is 3.71. The molecule has 2 aliphatic rings. The topological polar surface area (TPSA) is 78.9 Å². The van der Waals surface area contributed by atoms with Crippen LogP contribution in [-0.4, -0.2) is 68.1 Å². The van der Waals surface area contributed by atoms with E-state index in [1.807, 2.05) is 6.92 Å². The zero-order valence-electron chi connectivity index (χ0n) is 11.4. The minimum Gasteiger partial charge on any atom is -0.394 e. The van der Waals surface area contributed by atoms with Crippen LogP contribution in [0.25, 0.3) is 0 Å². The average Bonchev–Trinajstić information content (AvgIpc) is 2.38. The van der Waals surface area contributed by atoms with Crippen molar-refractivity contribution in [3.05, 3.63) is 0 Å². The number of morpholine rings is 1. The van der Waals surface area contributed by atoms with Gasteiger partial charge in [0.1, 0.15) is 0 Å². The van der Waals surface area contributed by atoms with Crippen LogP contribution in [0.3, 0.4) is 0 Å². The smallest absolute Gasteiger partial charge is 0.215 e. The number of rotatable bonds is 4. The minimum absolute atomic E-state index is 0.0597. The van der Waals surface area contributed by atoms with Crippen molar-refractivity contribution >= 4 is 10.0 Å². The van der Waals surface area contributed by atoms with E-state index in [0.29, 0.717) is 6.54 Å². The lowest BCUT2D eigenvalue weighted by Crippen LogP contribution is -2.53. The normalized spacial score (nSPS) is 34.3. The van der Waals surface area contributed by atoms with E-state index in [1.165, 1.54) is 4.31 Å². The molecule has 2 rings (SSSR count). The van der Waals surface area contributed by atoms with Crippen LogP contribution >= 0.6 is 0 Å². The predicted octanol–water partition coefficient (Wildman–Crippen LogP) is -0.460. The van der Waals surface area contributed by atoms with Gasteiger partial charge >= 0.3 is 0 Å². The molecule has 2 fully saturated rings. The summed E-state index contributed by atoms with van der Waals surface area (Å²) >= 11 is 0. The molecule has 19 heavy (non-hydrogen) atoms. The number of piperidine rings is 1. The number of hydrogen-bond acceptors (Lipinski definition) is 5. The molecule has 0 aliphatic carbocycles. The van der Waals surface area contributed by atoms with E-state index in [0.717, 1.165) is 25.8 Å². The monoisotopic (exact) mass is 292 g/mol. The van der Waals surface area contributed by atoms with Crippen molar-refractivity contribution in [3.63, 3.8) is 0 Å². The Morgan fingerprint density at radius 1 is 1.37 bits per heavy atom. The fourth-order valence-electron chi connectivity index (χ4n) is 2.76. The highest BCUT2D eigenvalue weighted by Crippen LogP contribution is 2.17. The molecule has 112 valence electrons. The van der Waals surface area contributed by atoms with Gasteiger partial charge < -0.3 is 15.2 Å². The lowest BCUT2D eigenvalue weighted by molar-refractivity contribution is -0.0750. The maximum absolute atomic E-state index is 12.4. The van der Waals surface area contributed by atoms with E-state index in [-0.39, 0.29) is 31.1 Å². The minimum atomic E-state index is -3.28. The highest BCUT2D eigenvalue weighted by molar-refractivity contribution is 7.89. The summed E-state index contributed by atoms with van der Waals surface area (Å²) in [5.74, 6) is 0.151. The van der Waals surface area contributed by atoms with Crippen LogP contribution in [0.4, 0.5) is 0 Å². The molecule has 3 unspecified atom stereocenters. The van der Waals surface area contributed by atoms with Crippen molar-refractivity contribution in [3.8, 4) is 0 Å². The molecule has 0 aromatic rings. The van der Waals surface area contributed by atoms with Gasteiger partial charge in [0, 0.05) is 19.1 Å². The first-order valence-electron chi connectivity index (χ1n) is 6.99. The van der Waals surface area contributed by atoms with Gasteiger partial charge in [-0.15, -0.1) is 0 Å². The molecule has 2 heterocycles. The lowest BCUT2D eigenvalue weighted by atomic mass is 10.1. The zero-order valence-corrected chi connectivity index (χ0v) is 12.2. The number of aliphatic hydroxyl groups excluding tert-OH is 1. The van der Waals surface area contributed by atoms with Gasteiger partial charge in [-0.3, -0.25) is 0 Å². The Kier molecular flexibility index (Phi) is 5.19. The Hall–Kier alpha value is -0.210. The van der Waals surface area contributed by atoms with Crippen molar-refractivity contribution in [1.29, 1.82) is 0 Å². The summed E-state index contributed by atoms with van der Waals surface area (Å²) in [5.41, 5.74) is 0. The fraction of sp³-hybridized carbons (Fsp3) is 1.00. The van der Waals surface area contributed by atoms with Gasteiger partial charge in [0.15, 0.2) is 0 Å². The van der Waals surface area contributed by atoms with Crippen LogP contribution in [0.1, 0.15) is 26.2 Å². The number of nitrogens with one attached hydrogen (secondary N) is 1. The van der Waals surface area contributed by atoms with Crippen LogP contribution in [0.5, 0.6) is 0 Å². The summed E-state index contributed by atoms with van der Waals surface area (Å²) < 4.78 is 31.8. The molecule has 6 nitrogen and oxygen atoms in total. The van der Waals surface area contributed by atoms with Crippen LogP contribution in [0, 0.1) is 0 Å². The zero-order chi connectivity index (χ0) is 13.9. The van der Waals surface area contributed by atoms with Gasteiger partial charge in [-0.1, -0.05) is 6.42 Å². The van der Waals surface area contributed by atoms with Gasteiger partial charge in [0.05, 0.1) is 24.6 Å². The Labute approximate surface area is 115 Å². The van der Waals surface area contributed by atoms with E-state index in [4.69, 9.17) is 9.84 Å². The Balaban J connectivity index is 1.97. The fourth-order valence-corrected chi connectivity index (χ4v) is 4.59. The first-order chi connectivity index (χ1) is 9.01. The van der Waals surface area contributed by atoms with Gasteiger partial charge in [0.25, 0.3) is 0 Å². The maximum atomic E-state index is 12.4. The molecule has 0 spiro atoms. The molecule has 3 atom stereocenters. The molecule has 2 N–H and O–H groups in total. The van der Waals surface area contributed by atoms with Crippen molar-refractivity contribution in [2.45, 2.75) is 44.4 Å². The molecule has 0 aromatic heterocycles. The number of nitrogens with zero attached hydrogens (tertiary/aromatic N) is 1. The Morgan fingerprint density at radius 2 is 2.16 bits per heavy atom. The van der Waals surface area contributed by atoms with Gasteiger partial charge in [-0.2, -0.15) is 4.31 Å². The standard InChI is InChI=1S/C12H24N2O4S/c1-10-6-14(7-12(8-15)18-10)19(16,17)9-11-4-2-3-5-13-11/h10-13,15H,2-9H2,1H3. The summed E-state index contributed by atoms with van der Waals surface area (Å²) in [5, 5.41) is 12.4. The van der Waals surface area contributed by atoms with Crippen molar-refractivity contribution in [2.75, 3.05) is 32.0 Å². The van der Waals surface area contributed by atoms with E-state index >= 15 is 0 Å². The van der Waals surface area contributed by atoms with Crippen molar-refractivity contribution in [2.24, 2.45) is 0 Å². The molecule has 0 amide bonds. The molecule has 2 saturated heterocycles. The summed E-state index contributed by atoms with van der Waals surface area (Å²) in [6.45, 7) is 3.24. The van der Waals surface area contributed by atoms with E-state index < -0.39 is 16.1 Å². The quantitative estimate of drug-likeness (QED) is 0.733. The molecular weight excluding hydrogens is 268 g/mol. The van der Waals surface area contributed by atoms with E-state index in [9.17, 15) is 8.42 Å². The summed E-state index contributed by atoms with van der Waals surface area (Å²) in [6.07, 6.45) is 2.56. The first kappa shape index (κ1) is 15.2. The molecule has 2 aliphatic heterocycles. The number of hydrogen-bond donors (Lipinski definition) is 2. The Morgan fingerprint density at radius 3 is 2.79 bits per heavy atom. The van der Waals surface area contributed by atoms with Crippen molar-refractivity contribution < 1.29 is 18.3 Å². The largest absolute Gasteiger partial charge is 0.394 e. The summed E-state index contributed by atoms with van der Waals surface area (Å²) in [7, 11) is -3.28. The molecule has 0 saturated carbocycles. The van der Waals surface area contributed by atoms with Crippen molar-refractivity contribution in [1.82, 2.24) is 9.62 Å². The number of sulfonamides is 1. The van der Waals surface area contributed by atoms with E-state index in [1.54, 1.807) is 0 Å². The second kappa shape index (κ2) is 6.49.